The van der Waals surface area contributed by atoms with Crippen LogP contribution in [0.2, 0.25) is 0 Å². The third-order valence-corrected chi connectivity index (χ3v) is 3.10. The van der Waals surface area contributed by atoms with Crippen molar-refractivity contribution in [3.8, 4) is 0 Å². The van der Waals surface area contributed by atoms with Gasteiger partial charge in [-0.3, -0.25) is 4.79 Å². The van der Waals surface area contributed by atoms with Crippen LogP contribution >= 0.6 is 0 Å². The number of rotatable bonds is 6. The zero-order valence-electron chi connectivity index (χ0n) is 11.3. The summed E-state index contributed by atoms with van der Waals surface area (Å²) in [5, 5.41) is 2.96. The van der Waals surface area contributed by atoms with Gasteiger partial charge in [-0.2, -0.15) is 0 Å². The highest BCUT2D eigenvalue weighted by Gasteiger charge is 2.24. The lowest BCUT2D eigenvalue weighted by atomic mass is 10.2. The monoisotopic (exact) mass is 264 g/mol. The van der Waals surface area contributed by atoms with E-state index in [4.69, 9.17) is 5.84 Å². The van der Waals surface area contributed by atoms with Crippen molar-refractivity contribution >= 4 is 17.5 Å². The largest absolute Gasteiger partial charge is 0.352 e. The van der Waals surface area contributed by atoms with Gasteiger partial charge in [-0.25, -0.2) is 15.8 Å². The number of carbonyl (C=O) groups is 1. The van der Waals surface area contributed by atoms with E-state index in [0.29, 0.717) is 11.9 Å². The quantitative estimate of drug-likeness (QED) is 0.496. The van der Waals surface area contributed by atoms with Crippen LogP contribution in [0.5, 0.6) is 0 Å². The lowest BCUT2D eigenvalue weighted by Crippen LogP contribution is -2.37. The summed E-state index contributed by atoms with van der Waals surface area (Å²) < 4.78 is 0. The van der Waals surface area contributed by atoms with E-state index >= 15 is 0 Å². The number of likely N-dealkylation sites (N-methyl/N-ethyl adjacent to an activating group) is 1. The zero-order valence-corrected chi connectivity index (χ0v) is 11.3. The number of carbonyl (C=O) groups excluding carboxylic acids is 1. The molecule has 1 aliphatic rings. The summed E-state index contributed by atoms with van der Waals surface area (Å²) in [5.41, 5.74) is 3.47. The molecule has 0 atom stereocenters. The average Bonchev–Trinajstić information content (AvgIpc) is 3.21. The van der Waals surface area contributed by atoms with Gasteiger partial charge >= 0.3 is 0 Å². The highest BCUT2D eigenvalue weighted by Crippen LogP contribution is 2.22. The number of nitrogens with one attached hydrogen (secondary N) is 2. The minimum absolute atomic E-state index is 0.0212. The van der Waals surface area contributed by atoms with Crippen LogP contribution in [-0.4, -0.2) is 35.5 Å². The van der Waals surface area contributed by atoms with Crippen LogP contribution in [0.25, 0.3) is 0 Å². The molecule has 0 radical (unpaired) electrons. The number of hydrogen-bond donors (Lipinski definition) is 3. The maximum atomic E-state index is 11.8. The van der Waals surface area contributed by atoms with Crippen LogP contribution < -0.4 is 21.5 Å². The molecule has 19 heavy (non-hydrogen) atoms. The molecule has 0 unspecified atom stereocenters. The summed E-state index contributed by atoms with van der Waals surface area (Å²) in [6, 6.07) is 0.373. The van der Waals surface area contributed by atoms with E-state index in [1.807, 2.05) is 18.9 Å². The van der Waals surface area contributed by atoms with Gasteiger partial charge in [-0.05, 0) is 19.3 Å². The fourth-order valence-electron chi connectivity index (χ4n) is 1.97. The standard InChI is InChI=1S/C12H20N6O/c1-3-9-11(17-13)14-7-15-12(9)18(2)6-10(19)16-8-4-5-8/h7-8H,3-6,13H2,1-2H3,(H,16,19)(H,14,15,17). The first kappa shape index (κ1) is 13.5. The molecular weight excluding hydrogens is 244 g/mol. The van der Waals surface area contributed by atoms with Gasteiger partial charge in [-0.15, -0.1) is 0 Å². The Labute approximate surface area is 112 Å². The molecule has 1 aliphatic carbocycles. The van der Waals surface area contributed by atoms with Crippen LogP contribution in [0.4, 0.5) is 11.6 Å². The number of aromatic nitrogens is 2. The van der Waals surface area contributed by atoms with Crippen LogP contribution in [0.3, 0.4) is 0 Å². The van der Waals surface area contributed by atoms with Crippen molar-refractivity contribution in [3.63, 3.8) is 0 Å². The number of amides is 1. The molecule has 1 fully saturated rings. The van der Waals surface area contributed by atoms with E-state index in [9.17, 15) is 4.79 Å². The predicted molar refractivity (Wildman–Crippen MR) is 73.7 cm³/mol. The van der Waals surface area contributed by atoms with Gasteiger partial charge in [0.15, 0.2) is 0 Å². The van der Waals surface area contributed by atoms with Crippen molar-refractivity contribution < 1.29 is 4.79 Å². The summed E-state index contributed by atoms with van der Waals surface area (Å²) in [5.74, 6) is 6.79. The van der Waals surface area contributed by atoms with E-state index in [-0.39, 0.29) is 12.5 Å². The molecule has 0 bridgehead atoms. The summed E-state index contributed by atoms with van der Waals surface area (Å²) in [6.45, 7) is 2.28. The van der Waals surface area contributed by atoms with E-state index < -0.39 is 0 Å². The Morgan fingerprint density at radius 3 is 2.84 bits per heavy atom. The Bertz CT molecular complexity index is 460. The van der Waals surface area contributed by atoms with E-state index in [2.05, 4.69) is 20.7 Å². The Kier molecular flexibility index (Phi) is 4.16. The highest BCUT2D eigenvalue weighted by molar-refractivity contribution is 5.82. The number of nitrogens with two attached hydrogens (primary N) is 1. The van der Waals surface area contributed by atoms with Crippen molar-refractivity contribution in [2.75, 3.05) is 23.9 Å². The van der Waals surface area contributed by atoms with Crippen LogP contribution in [0, 0.1) is 0 Å². The van der Waals surface area contributed by atoms with Crippen molar-refractivity contribution in [1.29, 1.82) is 0 Å². The minimum Gasteiger partial charge on any atom is -0.352 e. The Morgan fingerprint density at radius 2 is 2.26 bits per heavy atom. The maximum Gasteiger partial charge on any atom is 0.239 e. The van der Waals surface area contributed by atoms with Gasteiger partial charge < -0.3 is 15.6 Å². The molecule has 104 valence electrons. The van der Waals surface area contributed by atoms with Crippen LogP contribution in [-0.2, 0) is 11.2 Å². The number of hydrogen-bond acceptors (Lipinski definition) is 6. The third kappa shape index (κ3) is 3.31. The SMILES string of the molecule is CCc1c(NN)ncnc1N(C)CC(=O)NC1CC1. The topological polar surface area (TPSA) is 96.2 Å². The number of nitrogen functional groups attached to an aromatic ring is 1. The minimum atomic E-state index is 0.0212. The second-order valence-corrected chi connectivity index (χ2v) is 4.72. The number of hydrazine groups is 1. The van der Waals surface area contributed by atoms with E-state index in [0.717, 1.165) is 30.6 Å². The van der Waals surface area contributed by atoms with Crippen molar-refractivity contribution in [3.05, 3.63) is 11.9 Å². The molecule has 1 amide bonds. The highest BCUT2D eigenvalue weighted by atomic mass is 16.2. The Morgan fingerprint density at radius 1 is 1.53 bits per heavy atom. The first-order valence-electron chi connectivity index (χ1n) is 6.46. The molecule has 7 nitrogen and oxygen atoms in total. The maximum absolute atomic E-state index is 11.8. The van der Waals surface area contributed by atoms with Gasteiger partial charge in [0.25, 0.3) is 0 Å². The van der Waals surface area contributed by atoms with Crippen LogP contribution in [0.15, 0.2) is 6.33 Å². The summed E-state index contributed by atoms with van der Waals surface area (Å²) in [7, 11) is 1.84. The first-order chi connectivity index (χ1) is 9.15. The smallest absolute Gasteiger partial charge is 0.239 e. The average molecular weight is 264 g/mol. The first-order valence-corrected chi connectivity index (χ1v) is 6.46. The molecule has 0 saturated heterocycles. The van der Waals surface area contributed by atoms with Crippen molar-refractivity contribution in [1.82, 2.24) is 15.3 Å². The molecule has 1 aromatic rings. The molecular formula is C12H20N6O. The summed E-state index contributed by atoms with van der Waals surface area (Å²) >= 11 is 0. The molecule has 1 heterocycles. The Balaban J connectivity index is 2.08. The van der Waals surface area contributed by atoms with Gasteiger partial charge in [-0.1, -0.05) is 6.92 Å². The zero-order chi connectivity index (χ0) is 13.8. The summed E-state index contributed by atoms with van der Waals surface area (Å²) in [6.07, 6.45) is 4.36. The van der Waals surface area contributed by atoms with E-state index in [1.165, 1.54) is 6.33 Å². The number of nitrogens with zero attached hydrogens (tertiary/aromatic N) is 3. The molecule has 4 N–H and O–H groups in total. The summed E-state index contributed by atoms with van der Waals surface area (Å²) in [4.78, 5) is 21.9. The lowest BCUT2D eigenvalue weighted by molar-refractivity contribution is -0.119. The van der Waals surface area contributed by atoms with Crippen molar-refractivity contribution in [2.24, 2.45) is 5.84 Å². The molecule has 1 aromatic heterocycles. The van der Waals surface area contributed by atoms with E-state index in [1.54, 1.807) is 0 Å². The van der Waals surface area contributed by atoms with Crippen molar-refractivity contribution in [2.45, 2.75) is 32.2 Å². The molecule has 2 rings (SSSR count). The predicted octanol–water partition coefficient (Wildman–Crippen LogP) is 0.0394. The Hall–Kier alpha value is -1.89. The molecule has 1 saturated carbocycles. The van der Waals surface area contributed by atoms with Gasteiger partial charge in [0.2, 0.25) is 5.91 Å². The molecule has 0 aromatic carbocycles. The number of anilines is 2. The third-order valence-electron chi connectivity index (χ3n) is 3.10. The molecule has 0 aliphatic heterocycles. The fraction of sp³-hybridized carbons (Fsp3) is 0.583. The molecule has 0 spiro atoms. The normalized spacial score (nSPS) is 14.1. The van der Waals surface area contributed by atoms with Gasteiger partial charge in [0, 0.05) is 18.7 Å². The van der Waals surface area contributed by atoms with Gasteiger partial charge in [0.05, 0.1) is 6.54 Å². The van der Waals surface area contributed by atoms with Crippen LogP contribution in [0.1, 0.15) is 25.3 Å². The second-order valence-electron chi connectivity index (χ2n) is 4.72. The van der Waals surface area contributed by atoms with Gasteiger partial charge in [0.1, 0.15) is 18.0 Å². The fourth-order valence-corrected chi connectivity index (χ4v) is 1.97. The molecule has 7 heteroatoms. The lowest BCUT2D eigenvalue weighted by Gasteiger charge is -2.21. The second kappa shape index (κ2) is 5.83.